The third kappa shape index (κ3) is 1.20. The summed E-state index contributed by atoms with van der Waals surface area (Å²) in [6.07, 6.45) is 5.57. The molecule has 0 N–H and O–H groups in total. The summed E-state index contributed by atoms with van der Waals surface area (Å²) in [6.45, 7) is 2.20. The van der Waals surface area contributed by atoms with Crippen LogP contribution in [0.25, 0.3) is 27.6 Å². The first-order valence-corrected chi connectivity index (χ1v) is 6.45. The molecule has 0 nitrogen and oxygen atoms in total. The van der Waals surface area contributed by atoms with Crippen LogP contribution in [0.4, 0.5) is 0 Å². The second-order valence-corrected chi connectivity index (χ2v) is 5.08. The molecule has 0 saturated heterocycles. The Kier molecular flexibility index (Phi) is 1.90. The number of allylic oxidation sites excluding steroid dienone is 1. The highest BCUT2D eigenvalue weighted by Gasteiger charge is 2.11. The average molecular weight is 230 g/mol. The van der Waals surface area contributed by atoms with Crippen LogP contribution in [0.5, 0.6) is 0 Å². The first kappa shape index (κ1) is 9.90. The minimum absolute atomic E-state index is 1.03. The molecule has 0 fully saturated rings. The summed E-state index contributed by atoms with van der Waals surface area (Å²) in [5.41, 5.74) is 4.16. The fraction of sp³-hybridized carbons (Fsp3) is 0.111. The maximum absolute atomic E-state index is 2.28. The normalized spacial score (nSPS) is 13.4. The van der Waals surface area contributed by atoms with Gasteiger partial charge in [0.15, 0.2) is 0 Å². The number of rotatable bonds is 0. The van der Waals surface area contributed by atoms with E-state index in [0.717, 1.165) is 6.42 Å². The zero-order chi connectivity index (χ0) is 12.1. The Balaban J connectivity index is 2.39. The highest BCUT2D eigenvalue weighted by molar-refractivity contribution is 6.14. The molecule has 86 valence electrons. The molecular formula is C18H14. The van der Waals surface area contributed by atoms with Crippen LogP contribution in [0.1, 0.15) is 16.7 Å². The third-order valence-corrected chi connectivity index (χ3v) is 3.99. The molecule has 4 rings (SSSR count). The molecule has 0 heteroatoms. The van der Waals surface area contributed by atoms with Gasteiger partial charge in [-0.2, -0.15) is 0 Å². The summed E-state index contributed by atoms with van der Waals surface area (Å²) in [4.78, 5) is 0. The van der Waals surface area contributed by atoms with Crippen molar-refractivity contribution in [3.05, 3.63) is 65.2 Å². The number of hydrogen-bond acceptors (Lipinski definition) is 0. The molecule has 0 bridgehead atoms. The van der Waals surface area contributed by atoms with Gasteiger partial charge in [-0.15, -0.1) is 0 Å². The van der Waals surface area contributed by atoms with Crippen molar-refractivity contribution in [3.63, 3.8) is 0 Å². The molecule has 0 saturated carbocycles. The van der Waals surface area contributed by atoms with Gasteiger partial charge in [0, 0.05) is 0 Å². The van der Waals surface area contributed by atoms with Crippen LogP contribution >= 0.6 is 0 Å². The van der Waals surface area contributed by atoms with Crippen molar-refractivity contribution in [2.75, 3.05) is 0 Å². The zero-order valence-corrected chi connectivity index (χ0v) is 10.4. The van der Waals surface area contributed by atoms with E-state index in [9.17, 15) is 0 Å². The van der Waals surface area contributed by atoms with E-state index in [1.54, 1.807) is 0 Å². The number of aryl methyl sites for hydroxylation is 1. The highest BCUT2D eigenvalue weighted by Crippen LogP contribution is 2.35. The summed E-state index contributed by atoms with van der Waals surface area (Å²) in [5, 5.41) is 5.62. The SMILES string of the molecule is Cc1ccc2c3c1ccc1cccc(c13)C=CC2. The molecule has 1 aliphatic carbocycles. The quantitative estimate of drug-likeness (QED) is 0.483. The minimum Gasteiger partial charge on any atom is -0.0795 e. The molecule has 3 aromatic rings. The van der Waals surface area contributed by atoms with Gasteiger partial charge in [0.25, 0.3) is 0 Å². The fourth-order valence-corrected chi connectivity index (χ4v) is 3.09. The van der Waals surface area contributed by atoms with Crippen molar-refractivity contribution >= 4 is 27.6 Å². The van der Waals surface area contributed by atoms with Gasteiger partial charge in [0.2, 0.25) is 0 Å². The van der Waals surface area contributed by atoms with Gasteiger partial charge in [-0.05, 0) is 51.6 Å². The summed E-state index contributed by atoms with van der Waals surface area (Å²) in [7, 11) is 0. The summed E-state index contributed by atoms with van der Waals surface area (Å²) in [6, 6.07) is 15.6. The van der Waals surface area contributed by atoms with Gasteiger partial charge in [-0.1, -0.05) is 54.6 Å². The molecule has 0 amide bonds. The van der Waals surface area contributed by atoms with E-state index < -0.39 is 0 Å². The first-order valence-electron chi connectivity index (χ1n) is 6.45. The van der Waals surface area contributed by atoms with Crippen LogP contribution in [0.3, 0.4) is 0 Å². The lowest BCUT2D eigenvalue weighted by Crippen LogP contribution is -1.88. The van der Waals surface area contributed by atoms with Gasteiger partial charge in [0.1, 0.15) is 0 Å². The monoisotopic (exact) mass is 230 g/mol. The van der Waals surface area contributed by atoms with Crippen molar-refractivity contribution in [3.8, 4) is 0 Å². The van der Waals surface area contributed by atoms with Gasteiger partial charge >= 0.3 is 0 Å². The third-order valence-electron chi connectivity index (χ3n) is 3.99. The topological polar surface area (TPSA) is 0 Å². The summed E-state index contributed by atoms with van der Waals surface area (Å²) >= 11 is 0. The minimum atomic E-state index is 1.03. The van der Waals surface area contributed by atoms with E-state index in [1.165, 1.54) is 38.2 Å². The smallest absolute Gasteiger partial charge is 0.00300 e. The Morgan fingerprint density at radius 2 is 1.83 bits per heavy atom. The molecule has 1 aliphatic rings. The van der Waals surface area contributed by atoms with Crippen molar-refractivity contribution in [2.24, 2.45) is 0 Å². The van der Waals surface area contributed by atoms with E-state index in [1.807, 2.05) is 0 Å². The molecule has 18 heavy (non-hydrogen) atoms. The van der Waals surface area contributed by atoms with E-state index >= 15 is 0 Å². The van der Waals surface area contributed by atoms with Crippen LogP contribution < -0.4 is 0 Å². The standard InChI is InChI=1S/C18H14/c1-12-8-9-15-7-3-5-13-4-2-6-14-10-11-16(12)18(15)17(13)14/h2-6,8-11H,7H2,1H3. The molecule has 0 spiro atoms. The van der Waals surface area contributed by atoms with Crippen LogP contribution in [0.2, 0.25) is 0 Å². The van der Waals surface area contributed by atoms with Crippen LogP contribution in [0, 0.1) is 6.92 Å². The molecule has 0 heterocycles. The predicted molar refractivity (Wildman–Crippen MR) is 78.9 cm³/mol. The summed E-state index contributed by atoms with van der Waals surface area (Å²) in [5.74, 6) is 0. The van der Waals surface area contributed by atoms with E-state index in [0.29, 0.717) is 0 Å². The van der Waals surface area contributed by atoms with Gasteiger partial charge in [-0.25, -0.2) is 0 Å². The average Bonchev–Trinajstić information content (AvgIpc) is 2.59. The van der Waals surface area contributed by atoms with Crippen molar-refractivity contribution < 1.29 is 0 Å². The molecule has 0 aliphatic heterocycles. The zero-order valence-electron chi connectivity index (χ0n) is 10.4. The van der Waals surface area contributed by atoms with Crippen molar-refractivity contribution in [1.82, 2.24) is 0 Å². The van der Waals surface area contributed by atoms with Crippen molar-refractivity contribution in [1.29, 1.82) is 0 Å². The maximum atomic E-state index is 2.28. The maximum Gasteiger partial charge on any atom is -0.00300 e. The fourth-order valence-electron chi connectivity index (χ4n) is 3.09. The summed E-state index contributed by atoms with van der Waals surface area (Å²) < 4.78 is 0. The first-order chi connectivity index (χ1) is 8.84. The van der Waals surface area contributed by atoms with Crippen LogP contribution in [-0.2, 0) is 6.42 Å². The number of benzene rings is 3. The molecule has 0 unspecified atom stereocenters. The Labute approximate surface area is 107 Å². The Morgan fingerprint density at radius 1 is 0.889 bits per heavy atom. The predicted octanol–water partition coefficient (Wildman–Crippen LogP) is 4.87. The van der Waals surface area contributed by atoms with Crippen LogP contribution in [0.15, 0.2) is 48.5 Å². The second-order valence-electron chi connectivity index (χ2n) is 5.08. The Bertz CT molecular complexity index is 807. The lowest BCUT2D eigenvalue weighted by molar-refractivity contribution is 1.31. The molecule has 0 atom stereocenters. The van der Waals surface area contributed by atoms with Gasteiger partial charge < -0.3 is 0 Å². The largest absolute Gasteiger partial charge is 0.0795 e. The second kappa shape index (κ2) is 3.46. The molecule has 0 aromatic heterocycles. The Morgan fingerprint density at radius 3 is 2.78 bits per heavy atom. The van der Waals surface area contributed by atoms with Crippen LogP contribution in [-0.4, -0.2) is 0 Å². The molecule has 0 radical (unpaired) electrons. The number of hydrogen-bond donors (Lipinski definition) is 0. The van der Waals surface area contributed by atoms with Crippen molar-refractivity contribution in [2.45, 2.75) is 13.3 Å². The van der Waals surface area contributed by atoms with Gasteiger partial charge in [0.05, 0.1) is 0 Å². The lowest BCUT2D eigenvalue weighted by atomic mass is 9.93. The molecule has 3 aromatic carbocycles. The highest BCUT2D eigenvalue weighted by atomic mass is 14.1. The lowest BCUT2D eigenvalue weighted by Gasteiger charge is -2.11. The van der Waals surface area contributed by atoms with E-state index in [2.05, 4.69) is 61.5 Å². The van der Waals surface area contributed by atoms with E-state index in [-0.39, 0.29) is 0 Å². The Hall–Kier alpha value is -2.08. The van der Waals surface area contributed by atoms with Gasteiger partial charge in [-0.3, -0.25) is 0 Å². The molecular weight excluding hydrogens is 216 g/mol. The van der Waals surface area contributed by atoms with E-state index in [4.69, 9.17) is 0 Å².